The van der Waals surface area contributed by atoms with Gasteiger partial charge in [-0.05, 0) is 35.1 Å². The van der Waals surface area contributed by atoms with Gasteiger partial charge in [0.25, 0.3) is 0 Å². The summed E-state index contributed by atoms with van der Waals surface area (Å²) in [5.41, 5.74) is 4.64. The van der Waals surface area contributed by atoms with Gasteiger partial charge >= 0.3 is 6.09 Å². The van der Waals surface area contributed by atoms with Crippen molar-refractivity contribution < 1.29 is 19.4 Å². The first-order valence-corrected chi connectivity index (χ1v) is 9.47. The molecule has 1 amide bonds. The average molecular weight is 364 g/mol. The number of alkyl carbamates (subject to hydrolysis) is 1. The lowest BCUT2D eigenvalue weighted by atomic mass is 9.84. The fraction of sp³-hybridized carbons (Fsp3) is 0.364. The highest BCUT2D eigenvalue weighted by Crippen LogP contribution is 2.44. The van der Waals surface area contributed by atoms with Gasteiger partial charge in [-0.25, -0.2) is 4.79 Å². The fourth-order valence-corrected chi connectivity index (χ4v) is 4.38. The maximum Gasteiger partial charge on any atom is 0.407 e. The van der Waals surface area contributed by atoms with E-state index in [9.17, 15) is 14.7 Å². The van der Waals surface area contributed by atoms with Crippen LogP contribution in [0.5, 0.6) is 0 Å². The van der Waals surface area contributed by atoms with E-state index in [0.29, 0.717) is 12.8 Å². The van der Waals surface area contributed by atoms with Gasteiger partial charge in [0.1, 0.15) is 6.61 Å². The number of ether oxygens (including phenoxy) is 1. The minimum absolute atomic E-state index is 0.00792. The molecule has 27 heavy (non-hydrogen) atoms. The lowest BCUT2D eigenvalue weighted by Crippen LogP contribution is -2.49. The van der Waals surface area contributed by atoms with Gasteiger partial charge in [0.2, 0.25) is 0 Å². The SMILES string of the molecule is O=C(N[C@H]1CCCC[C@H]1C(=O)[O-])OCC1c2ccccc2-c2ccccc21. The number of fused-ring (bicyclic) bond motifs is 3. The van der Waals surface area contributed by atoms with E-state index < -0.39 is 24.0 Å². The number of nitrogens with one attached hydrogen (secondary N) is 1. The Hall–Kier alpha value is -2.82. The molecule has 0 aromatic heterocycles. The van der Waals surface area contributed by atoms with Crippen molar-refractivity contribution in [3.8, 4) is 11.1 Å². The molecule has 2 aliphatic carbocycles. The highest BCUT2D eigenvalue weighted by Gasteiger charge is 2.31. The predicted molar refractivity (Wildman–Crippen MR) is 99.0 cm³/mol. The number of carbonyl (C=O) groups excluding carboxylic acids is 2. The number of hydrogen-bond acceptors (Lipinski definition) is 4. The lowest BCUT2D eigenvalue weighted by molar-refractivity contribution is -0.313. The molecular weight excluding hydrogens is 342 g/mol. The highest BCUT2D eigenvalue weighted by atomic mass is 16.5. The molecule has 2 aromatic rings. The second-order valence-corrected chi connectivity index (χ2v) is 7.29. The maximum atomic E-state index is 12.3. The Morgan fingerprint density at radius 2 is 1.56 bits per heavy atom. The molecule has 4 rings (SSSR count). The largest absolute Gasteiger partial charge is 0.550 e. The van der Waals surface area contributed by atoms with Crippen LogP contribution in [0.3, 0.4) is 0 Å². The molecule has 2 aromatic carbocycles. The number of carbonyl (C=O) groups is 2. The summed E-state index contributed by atoms with van der Waals surface area (Å²) < 4.78 is 5.51. The molecule has 0 heterocycles. The second kappa shape index (κ2) is 7.43. The Kier molecular flexibility index (Phi) is 4.84. The molecule has 2 atom stereocenters. The van der Waals surface area contributed by atoms with E-state index >= 15 is 0 Å². The number of rotatable bonds is 4. The molecule has 0 radical (unpaired) electrons. The summed E-state index contributed by atoms with van der Waals surface area (Å²) in [6.45, 7) is 0.225. The van der Waals surface area contributed by atoms with E-state index in [1.807, 2.05) is 24.3 Å². The standard InChI is InChI=1S/C22H23NO4/c24-21(25)18-11-5-6-12-20(18)23-22(26)27-13-19-16-9-3-1-7-14(16)15-8-2-4-10-17(15)19/h1-4,7-10,18-20H,5-6,11-13H2,(H,23,26)(H,24,25)/p-1/t18-,20+/m1/s1. The van der Waals surface area contributed by atoms with Crippen LogP contribution in [0.4, 0.5) is 4.79 Å². The van der Waals surface area contributed by atoms with E-state index in [4.69, 9.17) is 4.74 Å². The summed E-state index contributed by atoms with van der Waals surface area (Å²) in [6.07, 6.45) is 2.37. The van der Waals surface area contributed by atoms with Crippen LogP contribution in [0, 0.1) is 5.92 Å². The molecule has 0 aliphatic heterocycles. The van der Waals surface area contributed by atoms with Gasteiger partial charge in [0.15, 0.2) is 0 Å². The smallest absolute Gasteiger partial charge is 0.407 e. The molecular formula is C22H22NO4-. The maximum absolute atomic E-state index is 12.3. The zero-order valence-electron chi connectivity index (χ0n) is 15.0. The van der Waals surface area contributed by atoms with Crippen LogP contribution >= 0.6 is 0 Å². The summed E-state index contributed by atoms with van der Waals surface area (Å²) in [6, 6.07) is 15.9. The number of aliphatic carboxylic acids is 1. The van der Waals surface area contributed by atoms with Gasteiger partial charge in [0, 0.05) is 23.8 Å². The van der Waals surface area contributed by atoms with Crippen LogP contribution in [0.1, 0.15) is 42.7 Å². The van der Waals surface area contributed by atoms with Crippen LogP contribution in [0.15, 0.2) is 48.5 Å². The number of amides is 1. The Bertz CT molecular complexity index is 817. The Morgan fingerprint density at radius 3 is 2.19 bits per heavy atom. The number of carboxylic acid groups (broad SMARTS) is 1. The first-order chi connectivity index (χ1) is 13.1. The van der Waals surface area contributed by atoms with Gasteiger partial charge in [-0.15, -0.1) is 0 Å². The van der Waals surface area contributed by atoms with Gasteiger partial charge in [-0.3, -0.25) is 0 Å². The zero-order valence-corrected chi connectivity index (χ0v) is 15.0. The first-order valence-electron chi connectivity index (χ1n) is 9.47. The van der Waals surface area contributed by atoms with Crippen molar-refractivity contribution in [2.45, 2.75) is 37.6 Å². The van der Waals surface area contributed by atoms with Crippen molar-refractivity contribution in [3.05, 3.63) is 59.7 Å². The second-order valence-electron chi connectivity index (χ2n) is 7.29. The highest BCUT2D eigenvalue weighted by molar-refractivity contribution is 5.79. The zero-order chi connectivity index (χ0) is 18.8. The van der Waals surface area contributed by atoms with Crippen molar-refractivity contribution in [1.82, 2.24) is 5.32 Å². The van der Waals surface area contributed by atoms with E-state index in [2.05, 4.69) is 29.6 Å². The summed E-state index contributed by atoms with van der Waals surface area (Å²) in [5.74, 6) is -1.75. The molecule has 1 N–H and O–H groups in total. The summed E-state index contributed by atoms with van der Waals surface area (Å²) in [7, 11) is 0. The molecule has 1 fully saturated rings. The van der Waals surface area contributed by atoms with Crippen molar-refractivity contribution in [1.29, 1.82) is 0 Å². The normalized spacial score (nSPS) is 21.2. The Balaban J connectivity index is 1.44. The monoisotopic (exact) mass is 364 g/mol. The van der Waals surface area contributed by atoms with Crippen molar-refractivity contribution in [3.63, 3.8) is 0 Å². The van der Waals surface area contributed by atoms with E-state index in [1.54, 1.807) is 0 Å². The van der Waals surface area contributed by atoms with E-state index in [-0.39, 0.29) is 12.5 Å². The number of carboxylic acids is 1. The molecule has 1 saturated carbocycles. The molecule has 0 spiro atoms. The van der Waals surface area contributed by atoms with Crippen molar-refractivity contribution in [2.75, 3.05) is 6.61 Å². The van der Waals surface area contributed by atoms with Gasteiger partial charge in [0.05, 0.1) is 0 Å². The summed E-state index contributed by atoms with van der Waals surface area (Å²) >= 11 is 0. The first kappa shape index (κ1) is 17.6. The molecule has 0 bridgehead atoms. The quantitative estimate of drug-likeness (QED) is 0.905. The molecule has 140 valence electrons. The van der Waals surface area contributed by atoms with E-state index in [1.165, 1.54) is 11.1 Å². The third kappa shape index (κ3) is 3.42. The van der Waals surface area contributed by atoms with Crippen molar-refractivity contribution >= 4 is 12.1 Å². The van der Waals surface area contributed by atoms with Gasteiger partial charge in [-0.1, -0.05) is 61.4 Å². The van der Waals surface area contributed by atoms with Gasteiger partial charge in [-0.2, -0.15) is 0 Å². The minimum atomic E-state index is -1.10. The van der Waals surface area contributed by atoms with Crippen LogP contribution in [-0.4, -0.2) is 24.7 Å². The average Bonchev–Trinajstić information content (AvgIpc) is 3.00. The number of hydrogen-bond donors (Lipinski definition) is 1. The van der Waals surface area contributed by atoms with Crippen LogP contribution in [0.25, 0.3) is 11.1 Å². The molecule has 5 heteroatoms. The third-order valence-electron chi connectivity index (χ3n) is 5.72. The summed E-state index contributed by atoms with van der Waals surface area (Å²) in [5, 5.41) is 14.0. The molecule has 2 aliphatic rings. The Morgan fingerprint density at radius 1 is 0.963 bits per heavy atom. The predicted octanol–water partition coefficient (Wildman–Crippen LogP) is 2.83. The summed E-state index contributed by atoms with van der Waals surface area (Å²) in [4.78, 5) is 23.6. The van der Waals surface area contributed by atoms with Crippen LogP contribution in [0.2, 0.25) is 0 Å². The number of benzene rings is 2. The van der Waals surface area contributed by atoms with E-state index in [0.717, 1.165) is 24.0 Å². The minimum Gasteiger partial charge on any atom is -0.550 e. The third-order valence-corrected chi connectivity index (χ3v) is 5.72. The van der Waals surface area contributed by atoms with Crippen LogP contribution in [-0.2, 0) is 9.53 Å². The fourth-order valence-electron chi connectivity index (χ4n) is 4.38. The van der Waals surface area contributed by atoms with Crippen molar-refractivity contribution in [2.24, 2.45) is 5.92 Å². The lowest BCUT2D eigenvalue weighted by Gasteiger charge is -2.32. The van der Waals surface area contributed by atoms with Gasteiger partial charge < -0.3 is 20.0 Å². The topological polar surface area (TPSA) is 78.5 Å². The van der Waals surface area contributed by atoms with Crippen LogP contribution < -0.4 is 10.4 Å². The molecule has 0 unspecified atom stereocenters. The molecule has 5 nitrogen and oxygen atoms in total. The molecule has 0 saturated heterocycles. The Labute approximate surface area is 158 Å².